The zero-order valence-corrected chi connectivity index (χ0v) is 29.2. The molecule has 7 rings (SSSR count). The Balaban J connectivity index is 1.06. The first kappa shape index (κ1) is 32.1. The van der Waals surface area contributed by atoms with Gasteiger partial charge in [0.2, 0.25) is 0 Å². The first-order valence-electron chi connectivity index (χ1n) is 16.5. The molecule has 3 aromatic rings. The van der Waals surface area contributed by atoms with Crippen molar-refractivity contribution in [3.63, 3.8) is 0 Å². The van der Waals surface area contributed by atoms with Crippen LogP contribution < -0.4 is 15.1 Å². The molecule has 246 valence electrons. The fourth-order valence-corrected chi connectivity index (χ4v) is 10.2. The third-order valence-corrected chi connectivity index (χ3v) is 12.6. The van der Waals surface area contributed by atoms with Gasteiger partial charge in [0.05, 0.1) is 33.0 Å². The highest BCUT2D eigenvalue weighted by Crippen LogP contribution is 2.47. The number of rotatable bonds is 8. The number of thiophene rings is 1. The van der Waals surface area contributed by atoms with E-state index in [1.165, 1.54) is 56.4 Å². The van der Waals surface area contributed by atoms with E-state index in [4.69, 9.17) is 32.9 Å². The van der Waals surface area contributed by atoms with Gasteiger partial charge in [-0.15, -0.1) is 11.3 Å². The molecule has 4 fully saturated rings. The molecule has 0 spiro atoms. The highest BCUT2D eigenvalue weighted by atomic mass is 35.5. The third-order valence-electron chi connectivity index (χ3n) is 10.1. The second-order valence-electron chi connectivity index (χ2n) is 12.9. The van der Waals surface area contributed by atoms with E-state index >= 15 is 0 Å². The molecular formula is C33H40Cl2N6O3S2. The van der Waals surface area contributed by atoms with Gasteiger partial charge in [0.25, 0.3) is 5.91 Å². The molecule has 1 saturated carbocycles. The predicted molar refractivity (Wildman–Crippen MR) is 187 cm³/mol. The highest BCUT2D eigenvalue weighted by molar-refractivity contribution is 7.21. The number of anilines is 3. The Bertz CT molecular complexity index is 1570. The van der Waals surface area contributed by atoms with Crippen molar-refractivity contribution in [2.24, 2.45) is 11.8 Å². The number of pyridine rings is 1. The van der Waals surface area contributed by atoms with Crippen LogP contribution in [0.25, 0.3) is 10.6 Å². The summed E-state index contributed by atoms with van der Waals surface area (Å²) in [4.78, 5) is 43.5. The molecule has 2 unspecified atom stereocenters. The fourth-order valence-electron chi connectivity index (χ4n) is 7.69. The predicted octanol–water partition coefficient (Wildman–Crippen LogP) is 7.45. The SMILES string of the molecule is CCOC(=O)C1CCN(c2ncc(C(=O)Nc3nc(-c4cc(Cl)cs4)c(N4CCC5CN(C6CCCCC6)CC54)s3)cc2Cl)CC1. The van der Waals surface area contributed by atoms with E-state index in [2.05, 4.69) is 25.0 Å². The minimum Gasteiger partial charge on any atom is -0.466 e. The molecule has 0 bridgehead atoms. The number of fused-ring (bicyclic) bond motifs is 1. The molecule has 4 aliphatic rings. The Morgan fingerprint density at radius 3 is 2.57 bits per heavy atom. The number of halogens is 2. The highest BCUT2D eigenvalue weighted by Gasteiger charge is 2.44. The van der Waals surface area contributed by atoms with Crippen LogP contribution in [0.1, 0.15) is 68.6 Å². The molecule has 2 atom stereocenters. The molecular weight excluding hydrogens is 663 g/mol. The summed E-state index contributed by atoms with van der Waals surface area (Å²) in [5.74, 6) is 0.731. The molecule has 0 radical (unpaired) electrons. The number of amides is 1. The summed E-state index contributed by atoms with van der Waals surface area (Å²) in [6, 6.07) is 4.80. The van der Waals surface area contributed by atoms with Crippen molar-refractivity contribution in [3.8, 4) is 10.6 Å². The maximum absolute atomic E-state index is 13.5. The number of nitrogens with zero attached hydrogens (tertiary/aromatic N) is 5. The molecule has 3 aliphatic heterocycles. The molecule has 46 heavy (non-hydrogen) atoms. The number of hydrogen-bond acceptors (Lipinski definition) is 10. The lowest BCUT2D eigenvalue weighted by Crippen LogP contribution is -2.39. The Morgan fingerprint density at radius 2 is 1.85 bits per heavy atom. The van der Waals surface area contributed by atoms with Gasteiger partial charge in [-0.05, 0) is 57.1 Å². The number of hydrogen-bond donors (Lipinski definition) is 1. The Kier molecular flexibility index (Phi) is 9.75. The largest absolute Gasteiger partial charge is 0.466 e. The summed E-state index contributed by atoms with van der Waals surface area (Å²) < 4.78 is 5.19. The van der Waals surface area contributed by atoms with Crippen LogP contribution in [0.2, 0.25) is 10.0 Å². The maximum Gasteiger partial charge on any atom is 0.309 e. The van der Waals surface area contributed by atoms with E-state index in [9.17, 15) is 9.59 Å². The first-order valence-corrected chi connectivity index (χ1v) is 19.0. The van der Waals surface area contributed by atoms with Crippen molar-refractivity contribution >= 4 is 73.7 Å². The number of thiazole rings is 1. The minimum absolute atomic E-state index is 0.103. The van der Waals surface area contributed by atoms with Gasteiger partial charge in [-0.3, -0.25) is 19.8 Å². The standard InChI is InChI=1S/C33H40Cl2N6O3S2/c1-2-44-32(43)20-8-11-39(12-9-20)29-25(35)14-22(16-36-29)30(42)38-33-37-28(27-15-23(34)19-45-27)31(46-33)41-13-10-21-17-40(18-26(21)41)24-6-4-3-5-7-24/h14-16,19-21,24,26H,2-13,17-18H2,1H3,(H,37,38,42). The number of esters is 1. The third kappa shape index (κ3) is 6.63. The van der Waals surface area contributed by atoms with E-state index in [1.54, 1.807) is 23.6 Å². The van der Waals surface area contributed by atoms with Crippen LogP contribution in [0, 0.1) is 11.8 Å². The lowest BCUT2D eigenvalue weighted by molar-refractivity contribution is -0.148. The molecule has 9 nitrogen and oxygen atoms in total. The normalized spacial score (nSPS) is 22.8. The van der Waals surface area contributed by atoms with Crippen LogP contribution in [0.5, 0.6) is 0 Å². The fraction of sp³-hybridized carbons (Fsp3) is 0.576. The minimum atomic E-state index is -0.304. The van der Waals surface area contributed by atoms with Gasteiger partial charge in [-0.2, -0.15) is 0 Å². The number of carbonyl (C=O) groups excluding carboxylic acids is 2. The second-order valence-corrected chi connectivity index (χ2v) is 15.6. The molecule has 3 aromatic heterocycles. The zero-order chi connectivity index (χ0) is 31.8. The summed E-state index contributed by atoms with van der Waals surface area (Å²) in [6.07, 6.45) is 10.8. The zero-order valence-electron chi connectivity index (χ0n) is 26.1. The summed E-state index contributed by atoms with van der Waals surface area (Å²) in [7, 11) is 0. The monoisotopic (exact) mass is 702 g/mol. The van der Waals surface area contributed by atoms with Gasteiger partial charge in [0, 0.05) is 56.4 Å². The number of carbonyl (C=O) groups is 2. The summed E-state index contributed by atoms with van der Waals surface area (Å²) in [5, 5.41) is 7.71. The van der Waals surface area contributed by atoms with Crippen LogP contribution in [0.3, 0.4) is 0 Å². The van der Waals surface area contributed by atoms with Gasteiger partial charge < -0.3 is 14.5 Å². The maximum atomic E-state index is 13.5. The lowest BCUT2D eigenvalue weighted by atomic mass is 9.94. The molecule has 13 heteroatoms. The van der Waals surface area contributed by atoms with Gasteiger partial charge >= 0.3 is 5.97 Å². The van der Waals surface area contributed by atoms with Gasteiger partial charge in [0.1, 0.15) is 16.5 Å². The van der Waals surface area contributed by atoms with Crippen molar-refractivity contribution < 1.29 is 14.3 Å². The lowest BCUT2D eigenvalue weighted by Gasteiger charge is -2.33. The Morgan fingerprint density at radius 1 is 1.04 bits per heavy atom. The van der Waals surface area contributed by atoms with Crippen LogP contribution in [-0.2, 0) is 9.53 Å². The van der Waals surface area contributed by atoms with Crippen molar-refractivity contribution in [1.29, 1.82) is 0 Å². The smallest absolute Gasteiger partial charge is 0.309 e. The summed E-state index contributed by atoms with van der Waals surface area (Å²) in [5.41, 5.74) is 1.25. The number of nitrogens with one attached hydrogen (secondary N) is 1. The molecule has 6 heterocycles. The average Bonchev–Trinajstić information content (AvgIpc) is 3.86. The van der Waals surface area contributed by atoms with E-state index in [-0.39, 0.29) is 17.8 Å². The molecule has 3 saturated heterocycles. The van der Waals surface area contributed by atoms with Crippen molar-refractivity contribution in [2.75, 3.05) is 54.4 Å². The molecule has 1 amide bonds. The average molecular weight is 704 g/mol. The number of aromatic nitrogens is 2. The van der Waals surface area contributed by atoms with E-state index in [0.717, 1.165) is 34.7 Å². The molecule has 1 aliphatic carbocycles. The van der Waals surface area contributed by atoms with Crippen molar-refractivity contribution in [3.05, 3.63) is 39.3 Å². The van der Waals surface area contributed by atoms with Gasteiger partial charge in [0.15, 0.2) is 5.13 Å². The summed E-state index contributed by atoms with van der Waals surface area (Å²) >= 11 is 16.1. The van der Waals surface area contributed by atoms with Gasteiger partial charge in [-0.25, -0.2) is 9.97 Å². The van der Waals surface area contributed by atoms with Crippen LogP contribution in [0.15, 0.2) is 23.7 Å². The molecule has 1 N–H and O–H groups in total. The Labute approximate surface area is 288 Å². The van der Waals surface area contributed by atoms with Crippen LogP contribution in [-0.4, -0.2) is 78.2 Å². The van der Waals surface area contributed by atoms with Crippen LogP contribution >= 0.6 is 45.9 Å². The van der Waals surface area contributed by atoms with E-state index < -0.39 is 0 Å². The summed E-state index contributed by atoms with van der Waals surface area (Å²) in [6.45, 7) is 6.78. The van der Waals surface area contributed by atoms with Crippen molar-refractivity contribution in [1.82, 2.24) is 14.9 Å². The topological polar surface area (TPSA) is 90.9 Å². The van der Waals surface area contributed by atoms with Crippen molar-refractivity contribution in [2.45, 2.75) is 70.4 Å². The molecule has 0 aromatic carbocycles. The first-order chi connectivity index (χ1) is 22.4. The quantitative estimate of drug-likeness (QED) is 0.242. The second kappa shape index (κ2) is 14.0. The van der Waals surface area contributed by atoms with Crippen LogP contribution in [0.4, 0.5) is 16.0 Å². The Hall–Kier alpha value is -2.44. The number of piperidine rings is 1. The van der Waals surface area contributed by atoms with Gasteiger partial charge in [-0.1, -0.05) is 53.8 Å². The number of ether oxygens (including phenoxy) is 1. The van der Waals surface area contributed by atoms with E-state index in [1.807, 2.05) is 18.4 Å². The number of likely N-dealkylation sites (tertiary alicyclic amines) is 1. The van der Waals surface area contributed by atoms with E-state index in [0.29, 0.717) is 71.1 Å².